The Labute approximate surface area is 129 Å². The zero-order chi connectivity index (χ0) is 15.4. The van der Waals surface area contributed by atoms with Crippen LogP contribution in [0.15, 0.2) is 65.2 Å². The lowest BCUT2D eigenvalue weighted by molar-refractivity contribution is 0.0981. The number of aryl methyl sites for hydroxylation is 2. The molecule has 22 heavy (non-hydrogen) atoms. The predicted octanol–water partition coefficient (Wildman–Crippen LogP) is 4.47. The Morgan fingerprint density at radius 2 is 1.77 bits per heavy atom. The second-order valence-electron chi connectivity index (χ2n) is 5.29. The molecule has 0 radical (unpaired) electrons. The summed E-state index contributed by atoms with van der Waals surface area (Å²) in [5, 5.41) is 0. The second kappa shape index (κ2) is 6.39. The number of rotatable bonds is 5. The molecule has 0 bridgehead atoms. The first-order chi connectivity index (χ1) is 10.7. The van der Waals surface area contributed by atoms with E-state index in [1.54, 1.807) is 6.20 Å². The summed E-state index contributed by atoms with van der Waals surface area (Å²) in [5.74, 6) is 1.45. The van der Waals surface area contributed by atoms with E-state index in [0.717, 1.165) is 22.5 Å². The number of oxazole rings is 1. The molecule has 0 saturated carbocycles. The number of carbonyl (C=O) groups is 1. The maximum Gasteiger partial charge on any atom is 0.226 e. The molecule has 3 aromatic rings. The highest BCUT2D eigenvalue weighted by Gasteiger charge is 2.10. The lowest BCUT2D eigenvalue weighted by Gasteiger charge is -2.00. The quantitative estimate of drug-likeness (QED) is 0.651. The first kappa shape index (κ1) is 14.3. The number of hydrogen-bond donors (Lipinski definition) is 0. The molecule has 1 aromatic heterocycles. The van der Waals surface area contributed by atoms with Crippen molar-refractivity contribution in [3.05, 3.63) is 77.7 Å². The summed E-state index contributed by atoms with van der Waals surface area (Å²) in [6.45, 7) is 2.01. The van der Waals surface area contributed by atoms with Crippen LogP contribution in [0.4, 0.5) is 0 Å². The van der Waals surface area contributed by atoms with Crippen molar-refractivity contribution >= 4 is 5.78 Å². The minimum atomic E-state index is 0.123. The van der Waals surface area contributed by atoms with Gasteiger partial charge in [-0.05, 0) is 19.1 Å². The van der Waals surface area contributed by atoms with Crippen molar-refractivity contribution in [2.45, 2.75) is 19.8 Å². The molecule has 0 spiro atoms. The van der Waals surface area contributed by atoms with Gasteiger partial charge in [0.1, 0.15) is 5.76 Å². The van der Waals surface area contributed by atoms with Crippen molar-refractivity contribution in [3.63, 3.8) is 0 Å². The third-order valence-corrected chi connectivity index (χ3v) is 3.55. The van der Waals surface area contributed by atoms with Crippen molar-refractivity contribution in [1.29, 1.82) is 0 Å². The van der Waals surface area contributed by atoms with E-state index in [2.05, 4.69) is 4.98 Å². The van der Waals surface area contributed by atoms with Crippen LogP contribution in [-0.4, -0.2) is 10.8 Å². The lowest BCUT2D eigenvalue weighted by atomic mass is 10.0. The molecule has 0 unspecified atom stereocenters. The van der Waals surface area contributed by atoms with Gasteiger partial charge in [-0.25, -0.2) is 4.98 Å². The van der Waals surface area contributed by atoms with Gasteiger partial charge in [0.05, 0.1) is 6.20 Å². The van der Waals surface area contributed by atoms with Crippen LogP contribution in [0, 0.1) is 6.92 Å². The average molecular weight is 291 g/mol. The molecule has 0 aliphatic carbocycles. The minimum absolute atomic E-state index is 0.123. The monoisotopic (exact) mass is 291 g/mol. The number of hydrogen-bond acceptors (Lipinski definition) is 3. The van der Waals surface area contributed by atoms with E-state index in [1.165, 1.54) is 0 Å². The Balaban J connectivity index is 1.64. The first-order valence-electron chi connectivity index (χ1n) is 7.32. The van der Waals surface area contributed by atoms with Gasteiger partial charge in [-0.1, -0.05) is 48.0 Å². The van der Waals surface area contributed by atoms with Crippen LogP contribution < -0.4 is 0 Å². The minimum Gasteiger partial charge on any atom is -0.441 e. The Kier molecular flexibility index (Phi) is 4.15. The standard InChI is InChI=1S/C19H17NO2/c1-14-7-9-15(10-8-14)18(21)12-11-17-13-20-19(22-17)16-5-3-2-4-6-16/h2-10,13H,11-12H2,1H3. The number of ketones is 1. The van der Waals surface area contributed by atoms with Gasteiger partial charge in [0.25, 0.3) is 0 Å². The molecule has 1 heterocycles. The average Bonchev–Trinajstić information content (AvgIpc) is 3.03. The zero-order valence-corrected chi connectivity index (χ0v) is 12.5. The van der Waals surface area contributed by atoms with E-state index in [4.69, 9.17) is 4.42 Å². The molecule has 3 heteroatoms. The zero-order valence-electron chi connectivity index (χ0n) is 12.5. The third kappa shape index (κ3) is 3.31. The van der Waals surface area contributed by atoms with Gasteiger partial charge in [-0.15, -0.1) is 0 Å². The molecule has 0 amide bonds. The summed E-state index contributed by atoms with van der Waals surface area (Å²) in [6.07, 6.45) is 2.68. The van der Waals surface area contributed by atoms with Gasteiger partial charge in [0, 0.05) is 24.0 Å². The van der Waals surface area contributed by atoms with Crippen LogP contribution in [-0.2, 0) is 6.42 Å². The highest BCUT2D eigenvalue weighted by atomic mass is 16.4. The SMILES string of the molecule is Cc1ccc(C(=O)CCc2cnc(-c3ccccc3)o2)cc1. The largest absolute Gasteiger partial charge is 0.441 e. The fourth-order valence-electron chi connectivity index (χ4n) is 2.26. The summed E-state index contributed by atoms with van der Waals surface area (Å²) in [4.78, 5) is 16.4. The summed E-state index contributed by atoms with van der Waals surface area (Å²) in [7, 11) is 0. The van der Waals surface area contributed by atoms with E-state index in [0.29, 0.717) is 18.7 Å². The molecule has 0 aliphatic heterocycles. The molecule has 0 aliphatic rings. The molecule has 2 aromatic carbocycles. The summed E-state index contributed by atoms with van der Waals surface area (Å²) in [6, 6.07) is 17.4. The van der Waals surface area contributed by atoms with Crippen LogP contribution in [0.2, 0.25) is 0 Å². The van der Waals surface area contributed by atoms with Crippen LogP contribution in [0.5, 0.6) is 0 Å². The van der Waals surface area contributed by atoms with E-state index < -0.39 is 0 Å². The van der Waals surface area contributed by atoms with Gasteiger partial charge in [0.2, 0.25) is 5.89 Å². The van der Waals surface area contributed by atoms with Gasteiger partial charge in [-0.2, -0.15) is 0 Å². The van der Waals surface area contributed by atoms with E-state index in [9.17, 15) is 4.79 Å². The Hall–Kier alpha value is -2.68. The lowest BCUT2D eigenvalue weighted by Crippen LogP contribution is -2.00. The normalized spacial score (nSPS) is 10.6. The van der Waals surface area contributed by atoms with E-state index in [-0.39, 0.29) is 5.78 Å². The maximum atomic E-state index is 12.1. The van der Waals surface area contributed by atoms with E-state index in [1.807, 2.05) is 61.5 Å². The molecule has 3 nitrogen and oxygen atoms in total. The van der Waals surface area contributed by atoms with Crippen LogP contribution >= 0.6 is 0 Å². The van der Waals surface area contributed by atoms with Crippen molar-refractivity contribution in [3.8, 4) is 11.5 Å². The maximum absolute atomic E-state index is 12.1. The molecule has 0 fully saturated rings. The van der Waals surface area contributed by atoms with Gasteiger partial charge < -0.3 is 4.42 Å². The predicted molar refractivity (Wildman–Crippen MR) is 85.8 cm³/mol. The fraction of sp³-hybridized carbons (Fsp3) is 0.158. The van der Waals surface area contributed by atoms with Crippen LogP contribution in [0.3, 0.4) is 0 Å². The van der Waals surface area contributed by atoms with Crippen molar-refractivity contribution in [1.82, 2.24) is 4.98 Å². The fourth-order valence-corrected chi connectivity index (χ4v) is 2.26. The number of carbonyl (C=O) groups excluding carboxylic acids is 1. The molecule has 0 N–H and O–H groups in total. The highest BCUT2D eigenvalue weighted by molar-refractivity contribution is 5.96. The first-order valence-corrected chi connectivity index (χ1v) is 7.32. The summed E-state index contributed by atoms with van der Waals surface area (Å²) < 4.78 is 5.71. The summed E-state index contributed by atoms with van der Waals surface area (Å²) >= 11 is 0. The van der Waals surface area contributed by atoms with Gasteiger partial charge in [0.15, 0.2) is 5.78 Å². The van der Waals surface area contributed by atoms with Gasteiger partial charge >= 0.3 is 0 Å². The van der Waals surface area contributed by atoms with Crippen LogP contribution in [0.1, 0.15) is 28.1 Å². The van der Waals surface area contributed by atoms with Crippen molar-refractivity contribution in [2.24, 2.45) is 0 Å². The molecule has 0 saturated heterocycles. The van der Waals surface area contributed by atoms with Crippen LogP contribution in [0.25, 0.3) is 11.5 Å². The molecule has 110 valence electrons. The molecule has 0 atom stereocenters. The number of Topliss-reactive ketones (excluding diaryl/α,β-unsaturated/α-hetero) is 1. The Morgan fingerprint density at radius 1 is 1.05 bits per heavy atom. The Bertz CT molecular complexity index is 758. The highest BCUT2D eigenvalue weighted by Crippen LogP contribution is 2.19. The Morgan fingerprint density at radius 3 is 2.50 bits per heavy atom. The van der Waals surface area contributed by atoms with Crippen molar-refractivity contribution in [2.75, 3.05) is 0 Å². The molecule has 3 rings (SSSR count). The number of benzene rings is 2. The summed E-state index contributed by atoms with van der Waals surface area (Å²) in [5.41, 5.74) is 2.84. The van der Waals surface area contributed by atoms with Crippen molar-refractivity contribution < 1.29 is 9.21 Å². The topological polar surface area (TPSA) is 43.1 Å². The third-order valence-electron chi connectivity index (χ3n) is 3.55. The number of nitrogens with zero attached hydrogens (tertiary/aromatic N) is 1. The number of aromatic nitrogens is 1. The second-order valence-corrected chi connectivity index (χ2v) is 5.29. The van der Waals surface area contributed by atoms with E-state index >= 15 is 0 Å². The van der Waals surface area contributed by atoms with Gasteiger partial charge in [-0.3, -0.25) is 4.79 Å². The molecular weight excluding hydrogens is 274 g/mol. The molecular formula is C19H17NO2. The smallest absolute Gasteiger partial charge is 0.226 e.